The van der Waals surface area contributed by atoms with E-state index in [2.05, 4.69) is 61.0 Å². The molecule has 5 rings (SSSR count). The van der Waals surface area contributed by atoms with Crippen molar-refractivity contribution in [3.8, 4) is 5.82 Å². The molecule has 0 radical (unpaired) electrons. The molecule has 0 spiro atoms. The van der Waals surface area contributed by atoms with Gasteiger partial charge in [0.05, 0.1) is 12.2 Å². The van der Waals surface area contributed by atoms with Crippen molar-refractivity contribution in [2.24, 2.45) is 5.16 Å². The second-order valence-electron chi connectivity index (χ2n) is 8.95. The third kappa shape index (κ3) is 4.81. The summed E-state index contributed by atoms with van der Waals surface area (Å²) < 4.78 is 3.13. The van der Waals surface area contributed by atoms with E-state index >= 15 is 0 Å². The van der Waals surface area contributed by atoms with E-state index in [0.717, 1.165) is 31.9 Å². The highest BCUT2D eigenvalue weighted by atomic mass is 16.4. The van der Waals surface area contributed by atoms with Gasteiger partial charge in [-0.1, -0.05) is 17.3 Å². The first kappa shape index (κ1) is 24.2. The first-order valence-electron chi connectivity index (χ1n) is 12.0. The van der Waals surface area contributed by atoms with Crippen LogP contribution < -0.4 is 15.8 Å². The molecule has 1 saturated heterocycles. The molecule has 1 aromatic carbocycles. The number of aromatic nitrogens is 5. The number of allylic oxidation sites excluding steroid dienone is 1. The molecule has 2 N–H and O–H groups in total. The lowest BCUT2D eigenvalue weighted by Crippen LogP contribution is -2.44. The van der Waals surface area contributed by atoms with Crippen LogP contribution in [0.4, 0.5) is 17.3 Å². The Bertz CT molecular complexity index is 1510. The zero-order chi connectivity index (χ0) is 25.9. The molecule has 1 aliphatic heterocycles. The van der Waals surface area contributed by atoms with Gasteiger partial charge in [0.15, 0.2) is 11.5 Å². The minimum absolute atomic E-state index is 0.252. The molecule has 0 bridgehead atoms. The van der Waals surface area contributed by atoms with Gasteiger partial charge in [-0.05, 0) is 50.4 Å². The SMILES string of the molecule is C=CCn1c(=O)c2cnc(Nc3ccc(N4CCN(C)CC4)cc3)nc2n1-c1cccc(/C(C)=N/O)n1. The minimum atomic E-state index is -0.252. The van der Waals surface area contributed by atoms with Crippen LogP contribution in [0.2, 0.25) is 0 Å². The van der Waals surface area contributed by atoms with Gasteiger partial charge in [0, 0.05) is 43.8 Å². The maximum absolute atomic E-state index is 13.2. The number of benzene rings is 1. The molecular weight excluding hydrogens is 470 g/mol. The van der Waals surface area contributed by atoms with Gasteiger partial charge in [-0.25, -0.2) is 19.3 Å². The van der Waals surface area contributed by atoms with Crippen molar-refractivity contribution >= 4 is 34.1 Å². The van der Waals surface area contributed by atoms with Crippen LogP contribution in [-0.2, 0) is 6.54 Å². The predicted molar refractivity (Wildman–Crippen MR) is 145 cm³/mol. The fourth-order valence-electron chi connectivity index (χ4n) is 4.35. The number of rotatable bonds is 7. The summed E-state index contributed by atoms with van der Waals surface area (Å²) in [6, 6.07) is 13.4. The Morgan fingerprint density at radius 1 is 1.14 bits per heavy atom. The molecule has 0 saturated carbocycles. The summed E-state index contributed by atoms with van der Waals surface area (Å²) in [4.78, 5) is 31.5. The monoisotopic (exact) mass is 499 g/mol. The first-order valence-corrected chi connectivity index (χ1v) is 12.0. The molecule has 0 aliphatic carbocycles. The lowest BCUT2D eigenvalue weighted by atomic mass is 10.2. The highest BCUT2D eigenvalue weighted by Gasteiger charge is 2.19. The Labute approximate surface area is 214 Å². The van der Waals surface area contributed by atoms with Gasteiger partial charge >= 0.3 is 0 Å². The maximum atomic E-state index is 13.2. The highest BCUT2D eigenvalue weighted by molar-refractivity contribution is 5.96. The van der Waals surface area contributed by atoms with Gasteiger partial charge in [0.2, 0.25) is 5.95 Å². The van der Waals surface area contributed by atoms with E-state index in [-0.39, 0.29) is 12.1 Å². The molecule has 1 aliphatic rings. The number of likely N-dealkylation sites (N-methyl/N-ethyl adjacent to an activating group) is 1. The third-order valence-electron chi connectivity index (χ3n) is 6.44. The molecular formula is C26H29N9O2. The van der Waals surface area contributed by atoms with Crippen molar-refractivity contribution < 1.29 is 5.21 Å². The predicted octanol–water partition coefficient (Wildman–Crippen LogP) is 2.86. The Hall–Kier alpha value is -4.51. The molecule has 37 heavy (non-hydrogen) atoms. The maximum Gasteiger partial charge on any atom is 0.278 e. The largest absolute Gasteiger partial charge is 0.411 e. The first-order chi connectivity index (χ1) is 18.0. The standard InChI is InChI=1S/C26H29N9O2/c1-4-12-34-25(36)21-17-27-26(28-19-8-10-20(11-9-19)33-15-13-32(3)14-16-33)30-24(21)35(34)23-7-5-6-22(29-23)18(2)31-37/h4-11,17,37H,1,12-16H2,2-3H3,(H,27,28,30)/b31-18+. The number of oxime groups is 1. The van der Waals surface area contributed by atoms with Crippen molar-refractivity contribution in [3.63, 3.8) is 0 Å². The van der Waals surface area contributed by atoms with Crippen LogP contribution >= 0.6 is 0 Å². The van der Waals surface area contributed by atoms with E-state index in [1.807, 2.05) is 12.1 Å². The molecule has 190 valence electrons. The molecule has 4 aromatic rings. The van der Waals surface area contributed by atoms with Gasteiger partial charge in [0.25, 0.3) is 5.56 Å². The van der Waals surface area contributed by atoms with E-state index in [0.29, 0.717) is 34.2 Å². The second-order valence-corrected chi connectivity index (χ2v) is 8.95. The fourth-order valence-corrected chi connectivity index (χ4v) is 4.35. The van der Waals surface area contributed by atoms with Crippen LogP contribution in [0.1, 0.15) is 12.6 Å². The van der Waals surface area contributed by atoms with E-state index in [4.69, 9.17) is 0 Å². The quantitative estimate of drug-likeness (QED) is 0.173. The lowest BCUT2D eigenvalue weighted by Gasteiger charge is -2.34. The molecule has 0 amide bonds. The topological polar surface area (TPSA) is 117 Å². The number of pyridine rings is 1. The Kier molecular flexibility index (Phi) is 6.69. The van der Waals surface area contributed by atoms with Gasteiger partial charge in [-0.15, -0.1) is 6.58 Å². The molecule has 4 heterocycles. The number of fused-ring (bicyclic) bond motifs is 1. The number of anilines is 3. The molecule has 11 nitrogen and oxygen atoms in total. The van der Waals surface area contributed by atoms with Crippen LogP contribution in [0, 0.1) is 0 Å². The number of nitrogens with zero attached hydrogens (tertiary/aromatic N) is 8. The van der Waals surface area contributed by atoms with Gasteiger partial charge in [-0.2, -0.15) is 4.98 Å². The molecule has 0 unspecified atom stereocenters. The molecule has 0 atom stereocenters. The normalized spacial score (nSPS) is 14.8. The Morgan fingerprint density at radius 2 is 1.89 bits per heavy atom. The van der Waals surface area contributed by atoms with E-state index in [1.54, 1.807) is 35.9 Å². The Morgan fingerprint density at radius 3 is 2.59 bits per heavy atom. The van der Waals surface area contributed by atoms with Crippen LogP contribution in [-0.4, -0.2) is 73.4 Å². The zero-order valence-corrected chi connectivity index (χ0v) is 20.9. The average Bonchev–Trinajstić information content (AvgIpc) is 3.20. The van der Waals surface area contributed by atoms with Gasteiger partial charge in [-0.3, -0.25) is 4.79 Å². The van der Waals surface area contributed by atoms with Crippen LogP contribution in [0.25, 0.3) is 16.9 Å². The van der Waals surface area contributed by atoms with Crippen molar-refractivity contribution in [3.05, 3.63) is 77.4 Å². The molecule has 11 heteroatoms. The number of piperazine rings is 1. The van der Waals surface area contributed by atoms with E-state index in [9.17, 15) is 10.0 Å². The Balaban J connectivity index is 1.50. The fraction of sp³-hybridized carbons (Fsp3) is 0.269. The van der Waals surface area contributed by atoms with Crippen molar-refractivity contribution in [1.82, 2.24) is 29.2 Å². The summed E-state index contributed by atoms with van der Waals surface area (Å²) in [5.41, 5.74) is 3.00. The van der Waals surface area contributed by atoms with Crippen LogP contribution in [0.3, 0.4) is 0 Å². The summed E-state index contributed by atoms with van der Waals surface area (Å²) in [6.07, 6.45) is 3.15. The van der Waals surface area contributed by atoms with Gasteiger partial charge < -0.3 is 20.3 Å². The third-order valence-corrected chi connectivity index (χ3v) is 6.44. The lowest BCUT2D eigenvalue weighted by molar-refractivity contribution is 0.313. The number of hydrogen-bond acceptors (Lipinski definition) is 9. The van der Waals surface area contributed by atoms with E-state index < -0.39 is 0 Å². The second kappa shape index (κ2) is 10.2. The molecule has 3 aromatic heterocycles. The summed E-state index contributed by atoms with van der Waals surface area (Å²) in [5.74, 6) is 0.809. The highest BCUT2D eigenvalue weighted by Crippen LogP contribution is 2.22. The average molecular weight is 500 g/mol. The van der Waals surface area contributed by atoms with E-state index in [1.165, 1.54) is 16.6 Å². The summed E-state index contributed by atoms with van der Waals surface area (Å²) in [5, 5.41) is 16.0. The van der Waals surface area contributed by atoms with Crippen molar-refractivity contribution in [2.45, 2.75) is 13.5 Å². The smallest absolute Gasteiger partial charge is 0.278 e. The number of nitrogens with one attached hydrogen (secondary N) is 1. The van der Waals surface area contributed by atoms with Crippen LogP contribution in [0.15, 0.2) is 71.3 Å². The molecule has 1 fully saturated rings. The number of hydrogen-bond donors (Lipinski definition) is 2. The summed E-state index contributed by atoms with van der Waals surface area (Å²) in [7, 11) is 2.14. The zero-order valence-electron chi connectivity index (χ0n) is 20.9. The summed E-state index contributed by atoms with van der Waals surface area (Å²) in [6.45, 7) is 9.78. The minimum Gasteiger partial charge on any atom is -0.411 e. The van der Waals surface area contributed by atoms with Crippen molar-refractivity contribution in [1.29, 1.82) is 0 Å². The van der Waals surface area contributed by atoms with Crippen molar-refractivity contribution in [2.75, 3.05) is 43.4 Å². The van der Waals surface area contributed by atoms with Gasteiger partial charge in [0.1, 0.15) is 11.1 Å². The van der Waals surface area contributed by atoms with Crippen LogP contribution in [0.5, 0.6) is 0 Å². The summed E-state index contributed by atoms with van der Waals surface area (Å²) >= 11 is 0.